The van der Waals surface area contributed by atoms with E-state index in [9.17, 15) is 4.79 Å². The molecule has 2 fully saturated rings. The summed E-state index contributed by atoms with van der Waals surface area (Å²) in [6, 6.07) is 4.34. The van der Waals surface area contributed by atoms with E-state index >= 15 is 0 Å². The molecule has 5 nitrogen and oxygen atoms in total. The second-order valence-corrected chi connectivity index (χ2v) is 9.87. The van der Waals surface area contributed by atoms with Gasteiger partial charge in [-0.05, 0) is 55.6 Å². The van der Waals surface area contributed by atoms with Crippen LogP contribution in [0.5, 0.6) is 0 Å². The monoisotopic (exact) mass is 382 g/mol. The van der Waals surface area contributed by atoms with Gasteiger partial charge in [-0.1, -0.05) is 27.7 Å². The molecule has 1 aliphatic carbocycles. The average Bonchev–Trinajstić information content (AvgIpc) is 2.84. The molecule has 0 spiro atoms. The van der Waals surface area contributed by atoms with Crippen LogP contribution in [0.1, 0.15) is 47.5 Å². The Kier molecular flexibility index (Phi) is 5.07. The van der Waals surface area contributed by atoms with E-state index in [1.54, 1.807) is 12.4 Å². The second kappa shape index (κ2) is 7.25. The van der Waals surface area contributed by atoms with E-state index in [4.69, 9.17) is 4.99 Å². The Balaban J connectivity index is 1.74. The van der Waals surface area contributed by atoms with E-state index in [1.807, 2.05) is 12.1 Å². The summed E-state index contributed by atoms with van der Waals surface area (Å²) in [5.41, 5.74) is 0.0889. The van der Waals surface area contributed by atoms with Crippen molar-refractivity contribution in [2.75, 3.05) is 11.9 Å². The lowest BCUT2D eigenvalue weighted by atomic mass is 9.58. The SMILES string of the molecule is CC(C)CC1C2C=NC3(C(=O)Nc4cccnc4)C(C2)C(C)N(CC(C)C)C13. The van der Waals surface area contributed by atoms with Crippen molar-refractivity contribution in [2.45, 2.75) is 65.1 Å². The molecule has 1 aromatic rings. The van der Waals surface area contributed by atoms with Crippen LogP contribution in [0.15, 0.2) is 29.5 Å². The number of hydrogen-bond acceptors (Lipinski definition) is 4. The molecule has 3 aliphatic heterocycles. The third-order valence-electron chi connectivity index (χ3n) is 7.04. The highest BCUT2D eigenvalue weighted by molar-refractivity contribution is 6.01. The van der Waals surface area contributed by atoms with Crippen LogP contribution in [-0.2, 0) is 4.79 Å². The van der Waals surface area contributed by atoms with Gasteiger partial charge in [0.25, 0.3) is 5.91 Å². The van der Waals surface area contributed by atoms with Crippen LogP contribution in [0.3, 0.4) is 0 Å². The zero-order valence-corrected chi connectivity index (χ0v) is 17.8. The molecule has 5 rings (SSSR count). The van der Waals surface area contributed by atoms with E-state index in [2.05, 4.69) is 56.0 Å². The zero-order chi connectivity index (χ0) is 20.1. The summed E-state index contributed by atoms with van der Waals surface area (Å²) in [5, 5.41) is 3.16. The van der Waals surface area contributed by atoms with Crippen molar-refractivity contribution < 1.29 is 4.79 Å². The zero-order valence-electron chi connectivity index (χ0n) is 17.8. The molecule has 4 aliphatic rings. The van der Waals surface area contributed by atoms with Gasteiger partial charge in [0, 0.05) is 37.0 Å². The van der Waals surface area contributed by atoms with E-state index in [-0.39, 0.29) is 17.9 Å². The van der Waals surface area contributed by atoms with Gasteiger partial charge < -0.3 is 5.32 Å². The first kappa shape index (κ1) is 19.6. The minimum Gasteiger partial charge on any atom is -0.323 e. The van der Waals surface area contributed by atoms with Gasteiger partial charge in [-0.3, -0.25) is 19.7 Å². The van der Waals surface area contributed by atoms with E-state index in [1.165, 1.54) is 0 Å². The van der Waals surface area contributed by atoms with Crippen molar-refractivity contribution in [3.8, 4) is 0 Å². The largest absolute Gasteiger partial charge is 0.323 e. The van der Waals surface area contributed by atoms with Gasteiger partial charge in [0.15, 0.2) is 5.54 Å². The topological polar surface area (TPSA) is 57.6 Å². The molecule has 4 bridgehead atoms. The Morgan fingerprint density at radius 2 is 2.11 bits per heavy atom. The van der Waals surface area contributed by atoms with E-state index < -0.39 is 5.54 Å². The van der Waals surface area contributed by atoms with Gasteiger partial charge in [0.2, 0.25) is 0 Å². The van der Waals surface area contributed by atoms with Crippen molar-refractivity contribution in [1.29, 1.82) is 0 Å². The predicted molar refractivity (Wildman–Crippen MR) is 113 cm³/mol. The average molecular weight is 383 g/mol. The third kappa shape index (κ3) is 2.99. The summed E-state index contributed by atoms with van der Waals surface area (Å²) >= 11 is 0. The molecule has 152 valence electrons. The molecule has 0 aromatic carbocycles. The lowest BCUT2D eigenvalue weighted by molar-refractivity contribution is -0.126. The van der Waals surface area contributed by atoms with Gasteiger partial charge in [0.1, 0.15) is 0 Å². The van der Waals surface area contributed by atoms with Gasteiger partial charge >= 0.3 is 0 Å². The van der Waals surface area contributed by atoms with Crippen molar-refractivity contribution in [2.24, 2.45) is 34.6 Å². The second-order valence-electron chi connectivity index (χ2n) is 9.87. The molecule has 28 heavy (non-hydrogen) atoms. The Hall–Kier alpha value is -1.75. The molecule has 1 aromatic heterocycles. The number of rotatable bonds is 6. The number of aromatic nitrogens is 1. The van der Waals surface area contributed by atoms with Crippen LogP contribution in [0.2, 0.25) is 0 Å². The van der Waals surface area contributed by atoms with Crippen molar-refractivity contribution >= 4 is 17.8 Å². The summed E-state index contributed by atoms with van der Waals surface area (Å²) in [6.45, 7) is 12.5. The molecule has 6 atom stereocenters. The number of nitrogens with one attached hydrogen (secondary N) is 1. The summed E-state index contributed by atoms with van der Waals surface area (Å²) < 4.78 is 0. The summed E-state index contributed by atoms with van der Waals surface area (Å²) in [4.78, 5) is 25.5. The number of aliphatic imine (C=N–C) groups is 1. The van der Waals surface area contributed by atoms with Crippen LogP contribution < -0.4 is 5.32 Å². The standard InChI is InChI=1S/C23H34N4O/c1-14(2)9-19-17-10-20-16(5)27(13-15(3)4)21(19)23(20,25-11-17)22(28)26-18-7-6-8-24-12-18/h6-8,11-12,14-17,19-21H,9-10,13H2,1-5H3,(H,26,28). The van der Waals surface area contributed by atoms with Gasteiger partial charge in [-0.25, -0.2) is 0 Å². The molecular weight excluding hydrogens is 348 g/mol. The van der Waals surface area contributed by atoms with E-state index in [0.717, 1.165) is 25.1 Å². The quantitative estimate of drug-likeness (QED) is 0.812. The van der Waals surface area contributed by atoms with Gasteiger partial charge in [-0.15, -0.1) is 0 Å². The minimum absolute atomic E-state index is 0.0526. The fourth-order valence-electron chi connectivity index (χ4n) is 6.12. The fourth-order valence-corrected chi connectivity index (χ4v) is 6.12. The normalized spacial score (nSPS) is 36.5. The van der Waals surface area contributed by atoms with Gasteiger partial charge in [-0.2, -0.15) is 0 Å². The highest BCUT2D eigenvalue weighted by Crippen LogP contribution is 2.57. The lowest BCUT2D eigenvalue weighted by Crippen LogP contribution is -2.64. The van der Waals surface area contributed by atoms with Crippen LogP contribution in [0, 0.1) is 29.6 Å². The molecule has 5 heteroatoms. The van der Waals surface area contributed by atoms with Crippen LogP contribution in [0.4, 0.5) is 5.69 Å². The lowest BCUT2D eigenvalue weighted by Gasteiger charge is -2.51. The third-order valence-corrected chi connectivity index (χ3v) is 7.04. The number of amides is 1. The summed E-state index contributed by atoms with van der Waals surface area (Å²) in [6.07, 6.45) is 7.79. The fraction of sp³-hybridized carbons (Fsp3) is 0.696. The number of carbonyl (C=O) groups excluding carboxylic acids is 1. The maximum Gasteiger partial charge on any atom is 0.254 e. The van der Waals surface area contributed by atoms with Crippen molar-refractivity contribution in [3.63, 3.8) is 0 Å². The number of hydrogen-bond donors (Lipinski definition) is 1. The Morgan fingerprint density at radius 1 is 1.32 bits per heavy atom. The highest BCUT2D eigenvalue weighted by Gasteiger charge is 2.69. The van der Waals surface area contributed by atoms with Gasteiger partial charge in [0.05, 0.1) is 11.9 Å². The van der Waals surface area contributed by atoms with Crippen LogP contribution >= 0.6 is 0 Å². The molecule has 1 N–H and O–H groups in total. The van der Waals surface area contributed by atoms with Crippen molar-refractivity contribution in [1.82, 2.24) is 9.88 Å². The molecule has 1 amide bonds. The Labute approximate surface area is 169 Å². The number of pyridine rings is 1. The molecule has 6 unspecified atom stereocenters. The van der Waals surface area contributed by atoms with Crippen LogP contribution in [0.25, 0.3) is 0 Å². The summed E-state index contributed by atoms with van der Waals surface area (Å²) in [5.74, 6) is 2.53. The van der Waals surface area contributed by atoms with E-state index in [0.29, 0.717) is 29.7 Å². The summed E-state index contributed by atoms with van der Waals surface area (Å²) in [7, 11) is 0. The number of likely N-dealkylation sites (tertiary alicyclic amines) is 1. The molecule has 1 saturated carbocycles. The maximum absolute atomic E-state index is 13.7. The smallest absolute Gasteiger partial charge is 0.254 e. The molecule has 4 heterocycles. The Morgan fingerprint density at radius 3 is 2.75 bits per heavy atom. The molecule has 0 radical (unpaired) electrons. The molecule has 1 saturated heterocycles. The first-order chi connectivity index (χ1) is 13.3. The first-order valence-electron chi connectivity index (χ1n) is 10.9. The first-order valence-corrected chi connectivity index (χ1v) is 10.9. The maximum atomic E-state index is 13.7. The minimum atomic E-state index is -0.668. The van der Waals surface area contributed by atoms with Crippen molar-refractivity contribution in [3.05, 3.63) is 24.5 Å². The predicted octanol–water partition coefficient (Wildman–Crippen LogP) is 3.87. The number of nitrogens with zero attached hydrogens (tertiary/aromatic N) is 3. The molecular formula is C23H34N4O. The number of carbonyl (C=O) groups is 1. The van der Waals surface area contributed by atoms with Crippen LogP contribution in [-0.4, -0.2) is 46.2 Å². The Bertz CT molecular complexity index is 746. The number of anilines is 1. The highest BCUT2D eigenvalue weighted by atomic mass is 16.2.